The Morgan fingerprint density at radius 3 is 2.57 bits per heavy atom. The first-order chi connectivity index (χ1) is 11.1. The van der Waals surface area contributed by atoms with Gasteiger partial charge in [-0.1, -0.05) is 48.7 Å². The molecule has 23 heavy (non-hydrogen) atoms. The molecule has 0 radical (unpaired) electrons. The van der Waals surface area contributed by atoms with Crippen LogP contribution in [0.5, 0.6) is 5.75 Å². The van der Waals surface area contributed by atoms with Crippen molar-refractivity contribution in [3.05, 3.63) is 58.1 Å². The third-order valence-corrected chi connectivity index (χ3v) is 3.86. The molecule has 1 amide bonds. The van der Waals surface area contributed by atoms with Gasteiger partial charge in [0, 0.05) is 16.8 Å². The Balaban J connectivity index is 1.85. The Bertz CT molecular complexity index is 657. The standard InChI is InChI=1S/C18H19Cl2NO2/c1-2-3-4-13-5-8-15(9-6-13)21-18(22)12-23-17-11-14(19)7-10-16(17)20/h5-11H,2-4,12H2,1H3,(H,21,22). The fraction of sp³-hybridized carbons (Fsp3) is 0.278. The van der Waals surface area contributed by atoms with Crippen LogP contribution in [0.25, 0.3) is 0 Å². The van der Waals surface area contributed by atoms with E-state index >= 15 is 0 Å². The highest BCUT2D eigenvalue weighted by atomic mass is 35.5. The van der Waals surface area contributed by atoms with E-state index in [1.54, 1.807) is 18.2 Å². The minimum absolute atomic E-state index is 0.127. The third-order valence-electron chi connectivity index (χ3n) is 3.31. The van der Waals surface area contributed by atoms with Crippen molar-refractivity contribution >= 4 is 34.8 Å². The maximum absolute atomic E-state index is 11.9. The quantitative estimate of drug-likeness (QED) is 0.729. The van der Waals surface area contributed by atoms with Crippen LogP contribution < -0.4 is 10.1 Å². The number of carbonyl (C=O) groups is 1. The van der Waals surface area contributed by atoms with E-state index in [1.807, 2.05) is 24.3 Å². The molecular formula is C18H19Cl2NO2. The predicted molar refractivity (Wildman–Crippen MR) is 95.6 cm³/mol. The van der Waals surface area contributed by atoms with Gasteiger partial charge in [0.05, 0.1) is 5.02 Å². The lowest BCUT2D eigenvalue weighted by atomic mass is 10.1. The summed E-state index contributed by atoms with van der Waals surface area (Å²) in [7, 11) is 0. The minimum Gasteiger partial charge on any atom is -0.482 e. The molecule has 0 saturated carbocycles. The molecule has 0 spiro atoms. The van der Waals surface area contributed by atoms with E-state index in [0.29, 0.717) is 15.8 Å². The van der Waals surface area contributed by atoms with E-state index in [2.05, 4.69) is 12.2 Å². The summed E-state index contributed by atoms with van der Waals surface area (Å²) in [5.74, 6) is 0.145. The second kappa shape index (κ2) is 8.80. The van der Waals surface area contributed by atoms with Gasteiger partial charge in [-0.3, -0.25) is 4.79 Å². The number of hydrogen-bond donors (Lipinski definition) is 1. The Labute approximate surface area is 146 Å². The Kier molecular flexibility index (Phi) is 6.75. The van der Waals surface area contributed by atoms with Gasteiger partial charge in [0.2, 0.25) is 0 Å². The molecule has 2 aromatic rings. The number of aryl methyl sites for hydroxylation is 1. The summed E-state index contributed by atoms with van der Waals surface area (Å²) in [4.78, 5) is 11.9. The second-order valence-electron chi connectivity index (χ2n) is 5.21. The van der Waals surface area contributed by atoms with Gasteiger partial charge in [0.1, 0.15) is 5.75 Å². The molecule has 2 rings (SSSR count). The smallest absolute Gasteiger partial charge is 0.262 e. The molecule has 0 unspecified atom stereocenters. The lowest BCUT2D eigenvalue weighted by molar-refractivity contribution is -0.118. The average Bonchev–Trinajstić information content (AvgIpc) is 2.55. The molecule has 0 saturated heterocycles. The highest BCUT2D eigenvalue weighted by molar-refractivity contribution is 6.34. The molecule has 0 aliphatic heterocycles. The molecule has 0 atom stereocenters. The van der Waals surface area contributed by atoms with Crippen molar-refractivity contribution in [2.75, 3.05) is 11.9 Å². The number of amides is 1. The number of benzene rings is 2. The number of rotatable bonds is 7. The molecule has 0 aliphatic rings. The predicted octanol–water partition coefficient (Wildman–Crippen LogP) is 5.35. The maximum Gasteiger partial charge on any atom is 0.262 e. The highest BCUT2D eigenvalue weighted by Crippen LogP contribution is 2.27. The molecule has 0 aliphatic carbocycles. The summed E-state index contributed by atoms with van der Waals surface area (Å²) in [6, 6.07) is 12.7. The van der Waals surface area contributed by atoms with Gasteiger partial charge in [0.15, 0.2) is 6.61 Å². The summed E-state index contributed by atoms with van der Waals surface area (Å²) in [6.07, 6.45) is 3.39. The van der Waals surface area contributed by atoms with E-state index in [0.717, 1.165) is 12.1 Å². The lowest BCUT2D eigenvalue weighted by Gasteiger charge is -2.09. The molecule has 0 heterocycles. The van der Waals surface area contributed by atoms with Gasteiger partial charge >= 0.3 is 0 Å². The maximum atomic E-state index is 11.9. The lowest BCUT2D eigenvalue weighted by Crippen LogP contribution is -2.20. The van der Waals surface area contributed by atoms with Gasteiger partial charge < -0.3 is 10.1 Å². The van der Waals surface area contributed by atoms with Crippen LogP contribution in [0.4, 0.5) is 5.69 Å². The SMILES string of the molecule is CCCCc1ccc(NC(=O)COc2cc(Cl)ccc2Cl)cc1. The zero-order valence-corrected chi connectivity index (χ0v) is 14.5. The molecule has 0 bridgehead atoms. The fourth-order valence-electron chi connectivity index (χ4n) is 2.06. The van der Waals surface area contributed by atoms with Crippen LogP contribution in [0.3, 0.4) is 0 Å². The van der Waals surface area contributed by atoms with Crippen molar-refractivity contribution in [2.45, 2.75) is 26.2 Å². The Morgan fingerprint density at radius 2 is 1.87 bits per heavy atom. The number of hydrogen-bond acceptors (Lipinski definition) is 2. The van der Waals surface area contributed by atoms with Crippen LogP contribution in [-0.4, -0.2) is 12.5 Å². The van der Waals surface area contributed by atoms with Crippen LogP contribution in [0, 0.1) is 0 Å². The first-order valence-corrected chi connectivity index (χ1v) is 8.30. The summed E-state index contributed by atoms with van der Waals surface area (Å²) in [6.45, 7) is 2.04. The number of unbranched alkanes of at least 4 members (excludes halogenated alkanes) is 1. The Hall–Kier alpha value is -1.71. The van der Waals surface area contributed by atoms with Crippen molar-refractivity contribution < 1.29 is 9.53 Å². The van der Waals surface area contributed by atoms with Crippen molar-refractivity contribution in [3.8, 4) is 5.75 Å². The molecule has 2 aromatic carbocycles. The topological polar surface area (TPSA) is 38.3 Å². The number of nitrogens with one attached hydrogen (secondary N) is 1. The largest absolute Gasteiger partial charge is 0.482 e. The normalized spacial score (nSPS) is 10.4. The van der Waals surface area contributed by atoms with Crippen molar-refractivity contribution in [1.82, 2.24) is 0 Å². The monoisotopic (exact) mass is 351 g/mol. The van der Waals surface area contributed by atoms with Gasteiger partial charge in [0.25, 0.3) is 5.91 Å². The summed E-state index contributed by atoms with van der Waals surface area (Å²) in [5, 5.41) is 3.72. The molecule has 0 fully saturated rings. The van der Waals surface area contributed by atoms with Crippen molar-refractivity contribution in [1.29, 1.82) is 0 Å². The van der Waals surface area contributed by atoms with Crippen molar-refractivity contribution in [2.24, 2.45) is 0 Å². The first-order valence-electron chi connectivity index (χ1n) is 7.55. The third kappa shape index (κ3) is 5.77. The van der Waals surface area contributed by atoms with Gasteiger partial charge in [-0.05, 0) is 42.7 Å². The number of halogens is 2. The first kappa shape index (κ1) is 17.6. The fourth-order valence-corrected chi connectivity index (χ4v) is 2.40. The average molecular weight is 352 g/mol. The zero-order valence-electron chi connectivity index (χ0n) is 12.9. The summed E-state index contributed by atoms with van der Waals surface area (Å²) in [5.41, 5.74) is 2.02. The number of anilines is 1. The van der Waals surface area contributed by atoms with Crippen molar-refractivity contribution in [3.63, 3.8) is 0 Å². The van der Waals surface area contributed by atoms with Gasteiger partial charge in [-0.25, -0.2) is 0 Å². The van der Waals surface area contributed by atoms with E-state index < -0.39 is 0 Å². The van der Waals surface area contributed by atoms with Crippen LogP contribution in [0.2, 0.25) is 10.0 Å². The van der Waals surface area contributed by atoms with Crippen LogP contribution >= 0.6 is 23.2 Å². The molecule has 5 heteroatoms. The van der Waals surface area contributed by atoms with Crippen LogP contribution in [-0.2, 0) is 11.2 Å². The summed E-state index contributed by atoms with van der Waals surface area (Å²) < 4.78 is 5.40. The molecule has 3 nitrogen and oxygen atoms in total. The van der Waals surface area contributed by atoms with E-state index in [4.69, 9.17) is 27.9 Å². The molecule has 1 N–H and O–H groups in total. The van der Waals surface area contributed by atoms with Gasteiger partial charge in [-0.2, -0.15) is 0 Å². The van der Waals surface area contributed by atoms with Gasteiger partial charge in [-0.15, -0.1) is 0 Å². The highest BCUT2D eigenvalue weighted by Gasteiger charge is 2.07. The number of carbonyl (C=O) groups excluding carboxylic acids is 1. The van der Waals surface area contributed by atoms with Crippen LogP contribution in [0.1, 0.15) is 25.3 Å². The van der Waals surface area contributed by atoms with E-state index in [-0.39, 0.29) is 12.5 Å². The van der Waals surface area contributed by atoms with E-state index in [9.17, 15) is 4.79 Å². The molecular weight excluding hydrogens is 333 g/mol. The zero-order chi connectivity index (χ0) is 16.7. The Morgan fingerprint density at radius 1 is 1.13 bits per heavy atom. The molecule has 0 aromatic heterocycles. The number of ether oxygens (including phenoxy) is 1. The summed E-state index contributed by atoms with van der Waals surface area (Å²) >= 11 is 11.9. The van der Waals surface area contributed by atoms with Crippen LogP contribution in [0.15, 0.2) is 42.5 Å². The van der Waals surface area contributed by atoms with E-state index in [1.165, 1.54) is 18.4 Å². The molecule has 122 valence electrons. The second-order valence-corrected chi connectivity index (χ2v) is 6.06. The minimum atomic E-state index is -0.248.